The molecule has 0 aliphatic heterocycles. The maximum absolute atomic E-state index is 12.1. The van der Waals surface area contributed by atoms with Gasteiger partial charge in [-0.25, -0.2) is 15.0 Å². The molecule has 0 radical (unpaired) electrons. The van der Waals surface area contributed by atoms with Crippen LogP contribution in [-0.2, 0) is 6.54 Å². The molecule has 0 saturated carbocycles. The van der Waals surface area contributed by atoms with Crippen molar-refractivity contribution in [3.8, 4) is 0 Å². The van der Waals surface area contributed by atoms with E-state index >= 15 is 0 Å². The van der Waals surface area contributed by atoms with Crippen LogP contribution in [0.25, 0.3) is 10.9 Å². The number of para-hydroxylation sites is 1. The summed E-state index contributed by atoms with van der Waals surface area (Å²) < 4.78 is 0. The first kappa shape index (κ1) is 13.0. The van der Waals surface area contributed by atoms with E-state index in [-0.39, 0.29) is 5.91 Å². The summed E-state index contributed by atoms with van der Waals surface area (Å²) in [5.41, 5.74) is 8.22. The Morgan fingerprint density at radius 2 is 2.10 bits per heavy atom. The summed E-state index contributed by atoms with van der Waals surface area (Å²) in [5, 5.41) is 3.60. The molecule has 1 aromatic carbocycles. The average Bonchev–Trinajstić information content (AvgIpc) is 2.53. The minimum absolute atomic E-state index is 0.286. The van der Waals surface area contributed by atoms with Crippen LogP contribution in [0.1, 0.15) is 16.2 Å². The number of hydrogen-bond donors (Lipinski definition) is 2. The molecule has 0 aliphatic carbocycles. The van der Waals surface area contributed by atoms with E-state index < -0.39 is 0 Å². The number of nitrogens with one attached hydrogen (secondary N) is 1. The van der Waals surface area contributed by atoms with Gasteiger partial charge in [0.1, 0.15) is 12.0 Å². The Bertz CT molecular complexity index is 788. The summed E-state index contributed by atoms with van der Waals surface area (Å²) in [6.07, 6.45) is 3.06. The summed E-state index contributed by atoms with van der Waals surface area (Å²) in [4.78, 5) is 24.3. The predicted octanol–water partition coefficient (Wildman–Crippen LogP) is 1.54. The smallest absolute Gasteiger partial charge is 0.270 e. The van der Waals surface area contributed by atoms with Crippen LogP contribution >= 0.6 is 0 Å². The van der Waals surface area contributed by atoms with E-state index in [1.807, 2.05) is 24.3 Å². The Hall–Kier alpha value is -3.02. The van der Waals surface area contributed by atoms with Crippen LogP contribution in [0.15, 0.2) is 48.9 Å². The Morgan fingerprint density at radius 1 is 1.24 bits per heavy atom. The second-order valence-corrected chi connectivity index (χ2v) is 4.50. The van der Waals surface area contributed by atoms with E-state index in [4.69, 9.17) is 5.73 Å². The normalized spacial score (nSPS) is 10.5. The van der Waals surface area contributed by atoms with Gasteiger partial charge in [0.25, 0.3) is 5.91 Å². The number of rotatable bonds is 3. The van der Waals surface area contributed by atoms with Crippen molar-refractivity contribution in [2.24, 2.45) is 0 Å². The largest absolute Gasteiger partial charge is 0.398 e. The third kappa shape index (κ3) is 2.79. The fraction of sp³-hybridized carbons (Fsp3) is 0.0667. The minimum Gasteiger partial charge on any atom is -0.398 e. The zero-order chi connectivity index (χ0) is 14.7. The first-order chi connectivity index (χ1) is 10.2. The SMILES string of the molecule is Nc1cc(C(=O)NCc2ccncn2)nc2ccccc12. The Kier molecular flexibility index (Phi) is 3.42. The van der Waals surface area contributed by atoms with Crippen molar-refractivity contribution in [3.63, 3.8) is 0 Å². The number of carbonyl (C=O) groups excluding carboxylic acids is 1. The molecule has 3 N–H and O–H groups in total. The molecular weight excluding hydrogens is 266 g/mol. The number of pyridine rings is 1. The molecule has 2 aromatic heterocycles. The van der Waals surface area contributed by atoms with Crippen molar-refractivity contribution in [1.29, 1.82) is 0 Å². The van der Waals surface area contributed by atoms with Gasteiger partial charge in [0.2, 0.25) is 0 Å². The van der Waals surface area contributed by atoms with E-state index in [9.17, 15) is 4.79 Å². The van der Waals surface area contributed by atoms with E-state index in [1.165, 1.54) is 6.33 Å². The molecule has 6 heteroatoms. The highest BCUT2D eigenvalue weighted by molar-refractivity contribution is 5.99. The molecule has 3 rings (SSSR count). The van der Waals surface area contributed by atoms with Gasteiger partial charge in [-0.1, -0.05) is 18.2 Å². The lowest BCUT2D eigenvalue weighted by Crippen LogP contribution is -2.24. The highest BCUT2D eigenvalue weighted by atomic mass is 16.1. The highest BCUT2D eigenvalue weighted by Gasteiger charge is 2.10. The van der Waals surface area contributed by atoms with Crippen LogP contribution in [0.4, 0.5) is 5.69 Å². The number of aromatic nitrogens is 3. The molecule has 0 saturated heterocycles. The minimum atomic E-state index is -0.286. The Balaban J connectivity index is 1.81. The molecule has 6 nitrogen and oxygen atoms in total. The molecule has 0 aliphatic rings. The average molecular weight is 279 g/mol. The van der Waals surface area contributed by atoms with Crippen LogP contribution in [0.5, 0.6) is 0 Å². The molecular formula is C15H13N5O. The van der Waals surface area contributed by atoms with Gasteiger partial charge in [0.15, 0.2) is 0 Å². The summed E-state index contributed by atoms with van der Waals surface area (Å²) >= 11 is 0. The van der Waals surface area contributed by atoms with Crippen molar-refractivity contribution in [2.45, 2.75) is 6.54 Å². The van der Waals surface area contributed by atoms with Crippen LogP contribution in [0.2, 0.25) is 0 Å². The highest BCUT2D eigenvalue weighted by Crippen LogP contribution is 2.19. The first-order valence-corrected chi connectivity index (χ1v) is 6.42. The van der Waals surface area contributed by atoms with Crippen molar-refractivity contribution in [2.75, 3.05) is 5.73 Å². The second kappa shape index (κ2) is 5.54. The second-order valence-electron chi connectivity index (χ2n) is 4.50. The molecule has 3 aromatic rings. The Morgan fingerprint density at radius 3 is 2.90 bits per heavy atom. The number of fused-ring (bicyclic) bond motifs is 1. The number of amides is 1. The zero-order valence-corrected chi connectivity index (χ0v) is 11.2. The molecule has 104 valence electrons. The molecule has 0 atom stereocenters. The van der Waals surface area contributed by atoms with Crippen molar-refractivity contribution < 1.29 is 4.79 Å². The van der Waals surface area contributed by atoms with Gasteiger partial charge in [0, 0.05) is 17.3 Å². The maximum Gasteiger partial charge on any atom is 0.270 e. The molecule has 21 heavy (non-hydrogen) atoms. The summed E-state index contributed by atoms with van der Waals surface area (Å²) in [5.74, 6) is -0.286. The van der Waals surface area contributed by atoms with Gasteiger partial charge in [-0.3, -0.25) is 4.79 Å². The van der Waals surface area contributed by atoms with Gasteiger partial charge in [-0.2, -0.15) is 0 Å². The maximum atomic E-state index is 12.1. The standard InChI is InChI=1S/C15H13N5O/c16-12-7-14(20-13-4-2-1-3-11(12)13)15(21)18-8-10-5-6-17-9-19-10/h1-7,9H,8H2,(H2,16,20)(H,18,21). The van der Waals surface area contributed by atoms with Gasteiger partial charge in [-0.05, 0) is 18.2 Å². The first-order valence-electron chi connectivity index (χ1n) is 6.42. The number of nitrogen functional groups attached to an aromatic ring is 1. The third-order valence-corrected chi connectivity index (χ3v) is 3.05. The number of anilines is 1. The quantitative estimate of drug-likeness (QED) is 0.758. The lowest BCUT2D eigenvalue weighted by atomic mass is 10.1. The molecule has 0 spiro atoms. The monoisotopic (exact) mass is 279 g/mol. The summed E-state index contributed by atoms with van der Waals surface area (Å²) in [6.45, 7) is 0.315. The molecule has 0 bridgehead atoms. The lowest BCUT2D eigenvalue weighted by molar-refractivity contribution is 0.0946. The molecule has 0 fully saturated rings. The number of hydrogen-bond acceptors (Lipinski definition) is 5. The van der Waals surface area contributed by atoms with E-state index in [1.54, 1.807) is 18.3 Å². The van der Waals surface area contributed by atoms with Crippen LogP contribution < -0.4 is 11.1 Å². The lowest BCUT2D eigenvalue weighted by Gasteiger charge is -2.07. The van der Waals surface area contributed by atoms with Crippen LogP contribution in [0, 0.1) is 0 Å². The summed E-state index contributed by atoms with van der Waals surface area (Å²) in [7, 11) is 0. The number of nitrogens with zero attached hydrogens (tertiary/aromatic N) is 3. The Labute approximate surface area is 121 Å². The number of carbonyl (C=O) groups is 1. The van der Waals surface area contributed by atoms with Crippen molar-refractivity contribution >= 4 is 22.5 Å². The van der Waals surface area contributed by atoms with Crippen molar-refractivity contribution in [1.82, 2.24) is 20.3 Å². The molecule has 2 heterocycles. The molecule has 0 unspecified atom stereocenters. The van der Waals surface area contributed by atoms with Gasteiger partial charge in [-0.15, -0.1) is 0 Å². The topological polar surface area (TPSA) is 93.8 Å². The predicted molar refractivity (Wildman–Crippen MR) is 79.4 cm³/mol. The van der Waals surface area contributed by atoms with E-state index in [0.29, 0.717) is 23.4 Å². The van der Waals surface area contributed by atoms with Gasteiger partial charge < -0.3 is 11.1 Å². The number of nitrogens with two attached hydrogens (primary N) is 1. The third-order valence-electron chi connectivity index (χ3n) is 3.05. The summed E-state index contributed by atoms with van der Waals surface area (Å²) in [6, 6.07) is 10.8. The van der Waals surface area contributed by atoms with Crippen LogP contribution in [-0.4, -0.2) is 20.9 Å². The fourth-order valence-electron chi connectivity index (χ4n) is 2.00. The molecule has 1 amide bonds. The van der Waals surface area contributed by atoms with Crippen molar-refractivity contribution in [3.05, 3.63) is 60.3 Å². The van der Waals surface area contributed by atoms with Gasteiger partial charge in [0.05, 0.1) is 17.8 Å². The number of benzene rings is 1. The zero-order valence-electron chi connectivity index (χ0n) is 11.2. The fourth-order valence-corrected chi connectivity index (χ4v) is 2.00. The van der Waals surface area contributed by atoms with Crippen LogP contribution in [0.3, 0.4) is 0 Å². The van der Waals surface area contributed by atoms with Gasteiger partial charge >= 0.3 is 0 Å². The van der Waals surface area contributed by atoms with E-state index in [0.717, 1.165) is 11.1 Å². The van der Waals surface area contributed by atoms with E-state index in [2.05, 4.69) is 20.3 Å².